The van der Waals surface area contributed by atoms with Crippen molar-refractivity contribution in [2.75, 3.05) is 0 Å². The first-order chi connectivity index (χ1) is 10.0. The Kier molecular flexibility index (Phi) is 6.54. The van der Waals surface area contributed by atoms with Gasteiger partial charge in [-0.2, -0.15) is 0 Å². The molecule has 4 heteroatoms. The van der Waals surface area contributed by atoms with Crippen LogP contribution in [0, 0.1) is 17.8 Å². The Morgan fingerprint density at radius 2 is 1.86 bits per heavy atom. The molecular formula is C17H26BrClN2. The second-order valence-electron chi connectivity index (χ2n) is 6.63. The number of halogens is 2. The van der Waals surface area contributed by atoms with Gasteiger partial charge in [0.15, 0.2) is 0 Å². The van der Waals surface area contributed by atoms with Gasteiger partial charge in [-0.1, -0.05) is 47.4 Å². The maximum atomic E-state index is 6.34. The van der Waals surface area contributed by atoms with Crippen LogP contribution in [0.25, 0.3) is 0 Å². The first kappa shape index (κ1) is 17.3. The fraction of sp³-hybridized carbons (Fsp3) is 0.647. The molecule has 1 saturated carbocycles. The van der Waals surface area contributed by atoms with Crippen molar-refractivity contribution >= 4 is 27.5 Å². The number of hydrazine groups is 1. The molecule has 1 aliphatic rings. The summed E-state index contributed by atoms with van der Waals surface area (Å²) in [6.45, 7) is 4.68. The molecular weight excluding hydrogens is 348 g/mol. The second-order valence-corrected chi connectivity index (χ2v) is 7.95. The molecule has 0 aromatic heterocycles. The topological polar surface area (TPSA) is 38.0 Å². The van der Waals surface area contributed by atoms with Crippen LogP contribution in [-0.2, 0) is 6.42 Å². The van der Waals surface area contributed by atoms with Crippen LogP contribution >= 0.6 is 27.5 Å². The van der Waals surface area contributed by atoms with E-state index in [1.807, 2.05) is 12.1 Å². The molecule has 0 amide bonds. The van der Waals surface area contributed by atoms with Crippen molar-refractivity contribution < 1.29 is 0 Å². The predicted octanol–water partition coefficient (Wildman–Crippen LogP) is 4.94. The van der Waals surface area contributed by atoms with Crippen molar-refractivity contribution in [2.24, 2.45) is 23.6 Å². The smallest absolute Gasteiger partial charge is 0.0449 e. The highest BCUT2D eigenvalue weighted by Crippen LogP contribution is 2.36. The quantitative estimate of drug-likeness (QED) is 0.566. The highest BCUT2D eigenvalue weighted by atomic mass is 79.9. The van der Waals surface area contributed by atoms with Gasteiger partial charge in [0.2, 0.25) is 0 Å². The minimum Gasteiger partial charge on any atom is -0.271 e. The van der Waals surface area contributed by atoms with Crippen molar-refractivity contribution in [3.63, 3.8) is 0 Å². The third-order valence-electron chi connectivity index (χ3n) is 5.00. The Morgan fingerprint density at radius 3 is 2.38 bits per heavy atom. The molecule has 1 aromatic rings. The SMILES string of the molecule is CC(C)C1CCC(C(Cc2ccc(Br)cc2Cl)NN)CC1. The Labute approximate surface area is 141 Å². The van der Waals surface area contributed by atoms with Crippen LogP contribution in [0.15, 0.2) is 22.7 Å². The maximum Gasteiger partial charge on any atom is 0.0449 e. The van der Waals surface area contributed by atoms with Crippen LogP contribution < -0.4 is 11.3 Å². The Balaban J connectivity index is 1.97. The molecule has 0 radical (unpaired) electrons. The molecule has 21 heavy (non-hydrogen) atoms. The van der Waals surface area contributed by atoms with Crippen LogP contribution in [0.5, 0.6) is 0 Å². The number of hydrogen-bond acceptors (Lipinski definition) is 2. The monoisotopic (exact) mass is 372 g/mol. The molecule has 0 saturated heterocycles. The molecule has 2 rings (SSSR count). The minimum atomic E-state index is 0.316. The lowest BCUT2D eigenvalue weighted by Crippen LogP contribution is -2.44. The third kappa shape index (κ3) is 4.69. The normalized spacial score (nSPS) is 24.3. The van der Waals surface area contributed by atoms with Crippen molar-refractivity contribution in [2.45, 2.75) is 52.0 Å². The highest BCUT2D eigenvalue weighted by molar-refractivity contribution is 9.10. The average Bonchev–Trinajstić information content (AvgIpc) is 2.47. The number of nitrogens with two attached hydrogens (primary N) is 1. The van der Waals surface area contributed by atoms with Gasteiger partial charge in [0.25, 0.3) is 0 Å². The van der Waals surface area contributed by atoms with E-state index in [4.69, 9.17) is 17.4 Å². The Morgan fingerprint density at radius 1 is 1.24 bits per heavy atom. The maximum absolute atomic E-state index is 6.34. The van der Waals surface area contributed by atoms with Crippen LogP contribution in [-0.4, -0.2) is 6.04 Å². The molecule has 1 unspecified atom stereocenters. The minimum absolute atomic E-state index is 0.316. The zero-order valence-electron chi connectivity index (χ0n) is 12.9. The van der Waals surface area contributed by atoms with Crippen LogP contribution in [0.2, 0.25) is 5.02 Å². The summed E-state index contributed by atoms with van der Waals surface area (Å²) < 4.78 is 1.02. The largest absolute Gasteiger partial charge is 0.271 e. The number of hydrogen-bond donors (Lipinski definition) is 2. The molecule has 118 valence electrons. The molecule has 0 bridgehead atoms. The van der Waals surface area contributed by atoms with E-state index in [0.717, 1.165) is 27.8 Å². The van der Waals surface area contributed by atoms with Crippen molar-refractivity contribution in [3.05, 3.63) is 33.3 Å². The van der Waals surface area contributed by atoms with Gasteiger partial charge in [0.05, 0.1) is 0 Å². The van der Waals surface area contributed by atoms with Crippen LogP contribution in [0.4, 0.5) is 0 Å². The van der Waals surface area contributed by atoms with Crippen molar-refractivity contribution in [1.29, 1.82) is 0 Å². The van der Waals surface area contributed by atoms with Gasteiger partial charge < -0.3 is 0 Å². The lowest BCUT2D eigenvalue weighted by molar-refractivity contribution is 0.188. The molecule has 3 N–H and O–H groups in total. The lowest BCUT2D eigenvalue weighted by Gasteiger charge is -2.35. The lowest BCUT2D eigenvalue weighted by atomic mass is 9.74. The molecule has 1 aliphatic carbocycles. The van der Waals surface area contributed by atoms with E-state index in [9.17, 15) is 0 Å². The summed E-state index contributed by atoms with van der Waals surface area (Å²) in [5.41, 5.74) is 4.21. The molecule has 1 atom stereocenters. The Hall–Kier alpha value is -0.0900. The molecule has 0 aliphatic heterocycles. The van der Waals surface area contributed by atoms with Crippen molar-refractivity contribution in [3.8, 4) is 0 Å². The van der Waals surface area contributed by atoms with E-state index < -0.39 is 0 Å². The summed E-state index contributed by atoms with van der Waals surface area (Å²) in [6.07, 6.45) is 6.10. The zero-order valence-corrected chi connectivity index (χ0v) is 15.3. The summed E-state index contributed by atoms with van der Waals surface area (Å²) in [5.74, 6) is 8.17. The van der Waals surface area contributed by atoms with E-state index in [1.54, 1.807) is 0 Å². The summed E-state index contributed by atoms with van der Waals surface area (Å²) >= 11 is 9.79. The van der Waals surface area contributed by atoms with Gasteiger partial charge in [-0.3, -0.25) is 11.3 Å². The summed E-state index contributed by atoms with van der Waals surface area (Å²) in [4.78, 5) is 0. The van der Waals surface area contributed by atoms with Gasteiger partial charge in [0.1, 0.15) is 0 Å². The standard InChI is InChI=1S/C17H26BrClN2/c1-11(2)12-3-5-13(6-4-12)17(21-20)9-14-7-8-15(18)10-16(14)19/h7-8,10-13,17,21H,3-6,9,20H2,1-2H3. The number of nitrogens with one attached hydrogen (secondary N) is 1. The van der Waals surface area contributed by atoms with Gasteiger partial charge >= 0.3 is 0 Å². The second kappa shape index (κ2) is 7.96. The molecule has 1 aromatic carbocycles. The van der Waals surface area contributed by atoms with Gasteiger partial charge in [-0.15, -0.1) is 0 Å². The highest BCUT2D eigenvalue weighted by Gasteiger charge is 2.28. The van der Waals surface area contributed by atoms with Crippen molar-refractivity contribution in [1.82, 2.24) is 5.43 Å². The summed E-state index contributed by atoms with van der Waals surface area (Å²) in [5, 5.41) is 0.820. The van der Waals surface area contributed by atoms with Gasteiger partial charge in [-0.05, 0) is 67.6 Å². The predicted molar refractivity (Wildman–Crippen MR) is 94.3 cm³/mol. The molecule has 1 fully saturated rings. The van der Waals surface area contributed by atoms with E-state index in [2.05, 4.69) is 41.3 Å². The summed E-state index contributed by atoms with van der Waals surface area (Å²) in [6, 6.07) is 6.41. The first-order valence-electron chi connectivity index (χ1n) is 7.91. The van der Waals surface area contributed by atoms with E-state index in [0.29, 0.717) is 12.0 Å². The van der Waals surface area contributed by atoms with E-state index >= 15 is 0 Å². The first-order valence-corrected chi connectivity index (χ1v) is 9.08. The fourth-order valence-corrected chi connectivity index (χ4v) is 4.25. The van der Waals surface area contributed by atoms with E-state index in [1.165, 1.54) is 31.2 Å². The van der Waals surface area contributed by atoms with E-state index in [-0.39, 0.29) is 0 Å². The van der Waals surface area contributed by atoms with Gasteiger partial charge in [-0.25, -0.2) is 0 Å². The Bertz CT molecular complexity index is 456. The van der Waals surface area contributed by atoms with Gasteiger partial charge in [0, 0.05) is 15.5 Å². The fourth-order valence-electron chi connectivity index (χ4n) is 3.50. The number of rotatable bonds is 5. The van der Waals surface area contributed by atoms with Crippen LogP contribution in [0.1, 0.15) is 45.1 Å². The van der Waals surface area contributed by atoms with Crippen LogP contribution in [0.3, 0.4) is 0 Å². The molecule has 2 nitrogen and oxygen atoms in total. The average molecular weight is 374 g/mol. The summed E-state index contributed by atoms with van der Waals surface area (Å²) in [7, 11) is 0. The zero-order chi connectivity index (χ0) is 15.4. The number of benzene rings is 1. The molecule has 0 heterocycles. The third-order valence-corrected chi connectivity index (χ3v) is 5.84. The molecule has 0 spiro atoms.